The van der Waals surface area contributed by atoms with E-state index >= 15 is 0 Å². The highest BCUT2D eigenvalue weighted by Gasteiger charge is 2.12. The fourth-order valence-corrected chi connectivity index (χ4v) is 2.26. The van der Waals surface area contributed by atoms with Crippen LogP contribution in [-0.4, -0.2) is 9.78 Å². The summed E-state index contributed by atoms with van der Waals surface area (Å²) < 4.78 is 3.26. The van der Waals surface area contributed by atoms with Crippen molar-refractivity contribution < 1.29 is 0 Å². The standard InChI is InChI=1S/C11H19BrN2/c1-8(2)5-6-14-11(9(3)4)10(12)7-13-14/h7-9H,5-6H2,1-4H3. The van der Waals surface area contributed by atoms with Crippen LogP contribution in [0.3, 0.4) is 0 Å². The first-order chi connectivity index (χ1) is 6.52. The summed E-state index contributed by atoms with van der Waals surface area (Å²) in [6.45, 7) is 9.92. The first-order valence-corrected chi connectivity index (χ1v) is 6.03. The minimum Gasteiger partial charge on any atom is -0.268 e. The Bertz CT molecular complexity index is 289. The summed E-state index contributed by atoms with van der Waals surface area (Å²) >= 11 is 3.54. The van der Waals surface area contributed by atoms with E-state index in [1.165, 1.54) is 12.1 Å². The van der Waals surface area contributed by atoms with Crippen LogP contribution in [-0.2, 0) is 6.54 Å². The van der Waals surface area contributed by atoms with Crippen LogP contribution in [0.25, 0.3) is 0 Å². The van der Waals surface area contributed by atoms with Crippen LogP contribution in [0, 0.1) is 5.92 Å². The highest BCUT2D eigenvalue weighted by atomic mass is 79.9. The lowest BCUT2D eigenvalue weighted by molar-refractivity contribution is 0.469. The smallest absolute Gasteiger partial charge is 0.0635 e. The van der Waals surface area contributed by atoms with E-state index in [1.54, 1.807) is 0 Å². The Balaban J connectivity index is 2.76. The molecule has 0 spiro atoms. The van der Waals surface area contributed by atoms with Gasteiger partial charge < -0.3 is 0 Å². The molecule has 1 heterocycles. The molecule has 0 saturated heterocycles. The topological polar surface area (TPSA) is 17.8 Å². The van der Waals surface area contributed by atoms with Gasteiger partial charge >= 0.3 is 0 Å². The molecule has 3 heteroatoms. The normalized spacial score (nSPS) is 11.6. The predicted octanol–water partition coefficient (Wildman–Crippen LogP) is 3.82. The molecule has 0 amide bonds. The van der Waals surface area contributed by atoms with Crippen LogP contribution in [0.15, 0.2) is 10.7 Å². The van der Waals surface area contributed by atoms with Crippen LogP contribution in [0.5, 0.6) is 0 Å². The minimum atomic E-state index is 0.527. The van der Waals surface area contributed by atoms with Gasteiger partial charge in [0.25, 0.3) is 0 Å². The van der Waals surface area contributed by atoms with Gasteiger partial charge in [-0.25, -0.2) is 0 Å². The Labute approximate surface area is 94.8 Å². The van der Waals surface area contributed by atoms with Gasteiger partial charge in [-0.2, -0.15) is 5.10 Å². The molecule has 0 bridgehead atoms. The average Bonchev–Trinajstić information content (AvgIpc) is 2.43. The minimum absolute atomic E-state index is 0.527. The number of halogens is 1. The van der Waals surface area contributed by atoms with Crippen LogP contribution >= 0.6 is 15.9 Å². The summed E-state index contributed by atoms with van der Waals surface area (Å²) in [6, 6.07) is 0. The van der Waals surface area contributed by atoms with Crippen LogP contribution in [0.1, 0.15) is 45.7 Å². The highest BCUT2D eigenvalue weighted by molar-refractivity contribution is 9.10. The van der Waals surface area contributed by atoms with E-state index in [9.17, 15) is 0 Å². The maximum atomic E-state index is 4.38. The second-order valence-electron chi connectivity index (χ2n) is 4.44. The zero-order valence-corrected chi connectivity index (χ0v) is 11.0. The van der Waals surface area contributed by atoms with Crippen molar-refractivity contribution in [2.75, 3.05) is 0 Å². The van der Waals surface area contributed by atoms with Crippen molar-refractivity contribution in [2.45, 2.75) is 46.6 Å². The van der Waals surface area contributed by atoms with Crippen molar-refractivity contribution >= 4 is 15.9 Å². The molecular formula is C11H19BrN2. The average molecular weight is 259 g/mol. The van der Waals surface area contributed by atoms with Crippen molar-refractivity contribution in [1.29, 1.82) is 0 Å². The van der Waals surface area contributed by atoms with Gasteiger partial charge in [-0.05, 0) is 34.2 Å². The first kappa shape index (κ1) is 11.8. The number of hydrogen-bond donors (Lipinski definition) is 0. The van der Waals surface area contributed by atoms with Gasteiger partial charge in [0.05, 0.1) is 16.4 Å². The van der Waals surface area contributed by atoms with Crippen molar-refractivity contribution in [3.8, 4) is 0 Å². The van der Waals surface area contributed by atoms with E-state index in [0.29, 0.717) is 5.92 Å². The number of aromatic nitrogens is 2. The van der Waals surface area contributed by atoms with E-state index < -0.39 is 0 Å². The maximum Gasteiger partial charge on any atom is 0.0635 e. The molecule has 0 radical (unpaired) electrons. The number of aryl methyl sites for hydroxylation is 1. The fraction of sp³-hybridized carbons (Fsp3) is 0.727. The maximum absolute atomic E-state index is 4.38. The second kappa shape index (κ2) is 4.96. The Morgan fingerprint density at radius 3 is 2.50 bits per heavy atom. The first-order valence-electron chi connectivity index (χ1n) is 5.23. The molecule has 0 saturated carbocycles. The SMILES string of the molecule is CC(C)CCn1ncc(Br)c1C(C)C. The molecule has 0 N–H and O–H groups in total. The third-order valence-corrected chi connectivity index (χ3v) is 2.91. The lowest BCUT2D eigenvalue weighted by atomic mass is 10.1. The van der Waals surface area contributed by atoms with Crippen LogP contribution in [0.4, 0.5) is 0 Å². The molecule has 1 rings (SSSR count). The van der Waals surface area contributed by atoms with Gasteiger partial charge in [0, 0.05) is 6.54 Å². The summed E-state index contributed by atoms with van der Waals surface area (Å²) in [6.07, 6.45) is 3.09. The number of hydrogen-bond acceptors (Lipinski definition) is 1. The molecule has 1 aromatic heterocycles. The molecule has 80 valence electrons. The molecule has 0 aliphatic heterocycles. The van der Waals surface area contributed by atoms with Gasteiger partial charge in [0.1, 0.15) is 0 Å². The predicted molar refractivity (Wildman–Crippen MR) is 63.5 cm³/mol. The van der Waals surface area contributed by atoms with Crippen molar-refractivity contribution in [2.24, 2.45) is 5.92 Å². The summed E-state index contributed by atoms with van der Waals surface area (Å²) in [4.78, 5) is 0. The quantitative estimate of drug-likeness (QED) is 0.803. The summed E-state index contributed by atoms with van der Waals surface area (Å²) in [5, 5.41) is 4.38. The Morgan fingerprint density at radius 1 is 1.36 bits per heavy atom. The third-order valence-electron chi connectivity index (χ3n) is 2.30. The largest absolute Gasteiger partial charge is 0.268 e. The van der Waals surface area contributed by atoms with E-state index in [4.69, 9.17) is 0 Å². The lowest BCUT2D eigenvalue weighted by Crippen LogP contribution is -2.08. The zero-order chi connectivity index (χ0) is 10.7. The Kier molecular flexibility index (Phi) is 4.17. The van der Waals surface area contributed by atoms with Gasteiger partial charge in [0.15, 0.2) is 0 Å². The van der Waals surface area contributed by atoms with Crippen LogP contribution < -0.4 is 0 Å². The third kappa shape index (κ3) is 2.84. The number of rotatable bonds is 4. The van der Waals surface area contributed by atoms with Crippen molar-refractivity contribution in [3.63, 3.8) is 0 Å². The molecule has 1 aromatic rings. The molecular weight excluding hydrogens is 240 g/mol. The molecule has 0 fully saturated rings. The van der Waals surface area contributed by atoms with Gasteiger partial charge in [-0.3, -0.25) is 4.68 Å². The van der Waals surface area contributed by atoms with E-state index in [-0.39, 0.29) is 0 Å². The molecule has 0 aliphatic carbocycles. The molecule has 0 aliphatic rings. The van der Waals surface area contributed by atoms with E-state index in [0.717, 1.165) is 16.9 Å². The highest BCUT2D eigenvalue weighted by Crippen LogP contribution is 2.24. The number of nitrogens with zero attached hydrogens (tertiary/aromatic N) is 2. The molecule has 14 heavy (non-hydrogen) atoms. The van der Waals surface area contributed by atoms with Crippen molar-refractivity contribution in [3.05, 3.63) is 16.4 Å². The molecule has 2 nitrogen and oxygen atoms in total. The molecule has 0 atom stereocenters. The monoisotopic (exact) mass is 258 g/mol. The van der Waals surface area contributed by atoms with E-state index in [1.807, 2.05) is 6.20 Å². The Morgan fingerprint density at radius 2 is 2.00 bits per heavy atom. The summed E-state index contributed by atoms with van der Waals surface area (Å²) in [7, 11) is 0. The zero-order valence-electron chi connectivity index (χ0n) is 9.42. The van der Waals surface area contributed by atoms with Crippen LogP contribution in [0.2, 0.25) is 0 Å². The van der Waals surface area contributed by atoms with Gasteiger partial charge in [0.2, 0.25) is 0 Å². The molecule has 0 unspecified atom stereocenters. The van der Waals surface area contributed by atoms with E-state index in [2.05, 4.69) is 53.4 Å². The lowest BCUT2D eigenvalue weighted by Gasteiger charge is -2.12. The Hall–Kier alpha value is -0.310. The van der Waals surface area contributed by atoms with Gasteiger partial charge in [-0.1, -0.05) is 27.7 Å². The van der Waals surface area contributed by atoms with Crippen molar-refractivity contribution in [1.82, 2.24) is 9.78 Å². The fourth-order valence-electron chi connectivity index (χ4n) is 1.50. The summed E-state index contributed by atoms with van der Waals surface area (Å²) in [5.41, 5.74) is 1.31. The second-order valence-corrected chi connectivity index (χ2v) is 5.29. The molecule has 0 aromatic carbocycles. The summed E-state index contributed by atoms with van der Waals surface area (Å²) in [5.74, 6) is 1.26. The van der Waals surface area contributed by atoms with Gasteiger partial charge in [-0.15, -0.1) is 0 Å².